The largest absolute Gasteiger partial charge is 0.492 e. The maximum Gasteiger partial charge on any atom is 0.227 e. The van der Waals surface area contributed by atoms with Crippen molar-refractivity contribution >= 4 is 33.7 Å². The third-order valence-corrected chi connectivity index (χ3v) is 8.29. The van der Waals surface area contributed by atoms with Gasteiger partial charge in [0.05, 0.1) is 40.3 Å². The lowest BCUT2D eigenvalue weighted by Crippen LogP contribution is -2.24. The molecule has 0 atom stereocenters. The first-order chi connectivity index (χ1) is 22.4. The third-order valence-electron chi connectivity index (χ3n) is 8.29. The molecule has 0 aliphatic heterocycles. The van der Waals surface area contributed by atoms with Crippen LogP contribution in [0.1, 0.15) is 32.1 Å². The summed E-state index contributed by atoms with van der Waals surface area (Å²) in [6, 6.07) is 10.3. The number of aromatic nitrogens is 7. The van der Waals surface area contributed by atoms with Crippen molar-refractivity contribution < 1.29 is 13.9 Å². The third kappa shape index (κ3) is 6.16. The summed E-state index contributed by atoms with van der Waals surface area (Å²) < 4.78 is 20.5. The zero-order valence-corrected chi connectivity index (χ0v) is 25.7. The van der Waals surface area contributed by atoms with Crippen molar-refractivity contribution in [3.8, 4) is 39.7 Å². The highest BCUT2D eigenvalue weighted by Crippen LogP contribution is 2.33. The summed E-state index contributed by atoms with van der Waals surface area (Å²) in [5, 5.41) is 10.6. The number of aromatic amines is 2. The van der Waals surface area contributed by atoms with Gasteiger partial charge in [-0.05, 0) is 62.8 Å². The van der Waals surface area contributed by atoms with E-state index in [1.165, 1.54) is 18.6 Å². The van der Waals surface area contributed by atoms with Gasteiger partial charge in [-0.2, -0.15) is 5.10 Å². The summed E-state index contributed by atoms with van der Waals surface area (Å²) in [6.45, 7) is 1.14. The Bertz CT molecular complexity index is 2030. The zero-order valence-electron chi connectivity index (χ0n) is 25.7. The van der Waals surface area contributed by atoms with Gasteiger partial charge in [0.1, 0.15) is 23.7 Å². The molecule has 5 aromatic heterocycles. The van der Waals surface area contributed by atoms with Crippen LogP contribution in [0.3, 0.4) is 0 Å². The SMILES string of the molecule is CN(C)CCOc1cc(F)cc(-c2cncc3[nH]c(-c4n[nH]c5ccc(-c6cncc(NC(=O)C7CCCCC7)c6)nc45)nc23)c1. The van der Waals surface area contributed by atoms with E-state index in [1.54, 1.807) is 30.9 Å². The fourth-order valence-electron chi connectivity index (χ4n) is 5.89. The lowest BCUT2D eigenvalue weighted by Gasteiger charge is -2.20. The van der Waals surface area contributed by atoms with Crippen molar-refractivity contribution in [2.24, 2.45) is 5.92 Å². The lowest BCUT2D eigenvalue weighted by atomic mass is 9.88. The van der Waals surface area contributed by atoms with E-state index >= 15 is 0 Å². The molecule has 3 N–H and O–H groups in total. The molecule has 0 radical (unpaired) electrons. The molecular weight excluding hydrogens is 585 g/mol. The number of ether oxygens (including phenoxy) is 1. The maximum atomic E-state index is 14.7. The molecule has 46 heavy (non-hydrogen) atoms. The number of anilines is 1. The van der Waals surface area contributed by atoms with Crippen LogP contribution in [-0.2, 0) is 4.79 Å². The molecule has 11 nitrogen and oxygen atoms in total. The molecule has 1 aliphatic rings. The number of rotatable bonds is 9. The van der Waals surface area contributed by atoms with Crippen LogP contribution in [0, 0.1) is 11.7 Å². The van der Waals surface area contributed by atoms with Crippen molar-refractivity contribution in [1.82, 2.24) is 40.0 Å². The predicted molar refractivity (Wildman–Crippen MR) is 175 cm³/mol. The Kier molecular flexibility index (Phi) is 8.10. The van der Waals surface area contributed by atoms with E-state index in [4.69, 9.17) is 14.7 Å². The topological polar surface area (TPSA) is 138 Å². The normalized spacial score (nSPS) is 13.9. The number of nitrogens with zero attached hydrogens (tertiary/aromatic N) is 6. The minimum absolute atomic E-state index is 0.0456. The van der Waals surface area contributed by atoms with E-state index in [-0.39, 0.29) is 11.8 Å². The van der Waals surface area contributed by atoms with Crippen LogP contribution >= 0.6 is 0 Å². The molecule has 12 heteroatoms. The molecule has 5 heterocycles. The molecule has 1 aliphatic carbocycles. The van der Waals surface area contributed by atoms with E-state index in [0.717, 1.165) is 36.8 Å². The van der Waals surface area contributed by atoms with Crippen LogP contribution in [0.15, 0.2) is 61.2 Å². The lowest BCUT2D eigenvalue weighted by molar-refractivity contribution is -0.120. The van der Waals surface area contributed by atoms with Crippen molar-refractivity contribution in [1.29, 1.82) is 0 Å². The number of hydrogen-bond donors (Lipinski definition) is 3. The van der Waals surface area contributed by atoms with Gasteiger partial charge >= 0.3 is 0 Å². The van der Waals surface area contributed by atoms with Gasteiger partial charge in [0.15, 0.2) is 11.5 Å². The quantitative estimate of drug-likeness (QED) is 0.173. The predicted octanol–water partition coefficient (Wildman–Crippen LogP) is 6.22. The van der Waals surface area contributed by atoms with Crippen molar-refractivity contribution in [2.45, 2.75) is 32.1 Å². The molecular formula is C34H34FN9O2. The van der Waals surface area contributed by atoms with E-state index in [1.807, 2.05) is 37.2 Å². The average Bonchev–Trinajstić information content (AvgIpc) is 3.69. The van der Waals surface area contributed by atoms with Crippen molar-refractivity contribution in [3.63, 3.8) is 0 Å². The maximum absolute atomic E-state index is 14.7. The van der Waals surface area contributed by atoms with Crippen molar-refractivity contribution in [2.75, 3.05) is 32.6 Å². The number of pyridine rings is 3. The number of nitrogens with one attached hydrogen (secondary N) is 3. The van der Waals surface area contributed by atoms with Gasteiger partial charge in [0, 0.05) is 42.0 Å². The Morgan fingerprint density at radius 2 is 1.80 bits per heavy atom. The number of carbonyl (C=O) groups is 1. The second-order valence-corrected chi connectivity index (χ2v) is 11.9. The highest BCUT2D eigenvalue weighted by molar-refractivity contribution is 5.96. The van der Waals surface area contributed by atoms with Gasteiger partial charge in [-0.1, -0.05) is 19.3 Å². The molecule has 1 saturated carbocycles. The van der Waals surface area contributed by atoms with Crippen LogP contribution in [0.2, 0.25) is 0 Å². The molecule has 0 spiro atoms. The molecule has 1 fully saturated rings. The number of fused-ring (bicyclic) bond motifs is 2. The standard InChI is InChI=1S/C34H34FN9O2/c1-44(2)10-11-46-25-14-21(12-23(35)15-25)26-18-37-19-29-30(26)41-33(40-29)32-31-28(42-43-32)9-8-27(39-31)22-13-24(17-36-16-22)38-34(45)20-6-4-3-5-7-20/h8-9,12-20H,3-7,10-11H2,1-2H3,(H,38,45)(H,40,41)(H,42,43). The summed E-state index contributed by atoms with van der Waals surface area (Å²) in [5.74, 6) is 0.609. The first-order valence-corrected chi connectivity index (χ1v) is 15.5. The first-order valence-electron chi connectivity index (χ1n) is 15.5. The van der Waals surface area contributed by atoms with Gasteiger partial charge in [0.2, 0.25) is 5.91 Å². The summed E-state index contributed by atoms with van der Waals surface area (Å²) in [5.41, 5.74) is 6.51. The van der Waals surface area contributed by atoms with E-state index < -0.39 is 5.82 Å². The van der Waals surface area contributed by atoms with Gasteiger partial charge in [-0.25, -0.2) is 14.4 Å². The smallest absolute Gasteiger partial charge is 0.227 e. The molecule has 7 rings (SSSR count). The number of hydrogen-bond acceptors (Lipinski definition) is 8. The summed E-state index contributed by atoms with van der Waals surface area (Å²) in [6.07, 6.45) is 11.9. The molecule has 6 aromatic rings. The zero-order chi connectivity index (χ0) is 31.6. The highest BCUT2D eigenvalue weighted by atomic mass is 19.1. The van der Waals surface area contributed by atoms with Crippen LogP contribution in [0.4, 0.5) is 10.1 Å². The average molecular weight is 620 g/mol. The van der Waals surface area contributed by atoms with Gasteiger partial charge in [0.25, 0.3) is 0 Å². The molecule has 1 amide bonds. The Labute approximate surface area is 264 Å². The first kappa shape index (κ1) is 29.5. The molecule has 0 unspecified atom stereocenters. The van der Waals surface area contributed by atoms with Gasteiger partial charge in [-0.15, -0.1) is 0 Å². The number of H-pyrrole nitrogens is 2. The summed E-state index contributed by atoms with van der Waals surface area (Å²) in [4.78, 5) is 36.7. The van der Waals surface area contributed by atoms with Crippen LogP contribution in [-0.4, -0.2) is 73.2 Å². The highest BCUT2D eigenvalue weighted by Gasteiger charge is 2.22. The minimum Gasteiger partial charge on any atom is -0.492 e. The summed E-state index contributed by atoms with van der Waals surface area (Å²) >= 11 is 0. The minimum atomic E-state index is -0.410. The molecule has 234 valence electrons. The van der Waals surface area contributed by atoms with E-state index in [2.05, 4.69) is 30.5 Å². The molecule has 0 bridgehead atoms. The van der Waals surface area contributed by atoms with Crippen LogP contribution < -0.4 is 10.1 Å². The Morgan fingerprint density at radius 3 is 2.65 bits per heavy atom. The number of likely N-dealkylation sites (N-methyl/N-ethyl adjacent to an activating group) is 1. The molecule has 1 aromatic carbocycles. The van der Waals surface area contributed by atoms with Crippen molar-refractivity contribution in [3.05, 3.63) is 67.0 Å². The second kappa shape index (κ2) is 12.6. The van der Waals surface area contributed by atoms with Crippen LogP contribution in [0.25, 0.3) is 56.0 Å². The number of imidazole rings is 1. The number of amides is 1. The Balaban J connectivity index is 1.19. The Hall–Kier alpha value is -5.23. The van der Waals surface area contributed by atoms with Gasteiger partial charge < -0.3 is 19.9 Å². The van der Waals surface area contributed by atoms with Crippen LogP contribution in [0.5, 0.6) is 5.75 Å². The van der Waals surface area contributed by atoms with E-state index in [9.17, 15) is 9.18 Å². The number of benzene rings is 1. The van der Waals surface area contributed by atoms with E-state index in [0.29, 0.717) is 69.5 Å². The summed E-state index contributed by atoms with van der Waals surface area (Å²) in [7, 11) is 3.91. The Morgan fingerprint density at radius 1 is 0.957 bits per heavy atom. The molecule has 0 saturated heterocycles. The fourth-order valence-corrected chi connectivity index (χ4v) is 5.89. The number of halogens is 1. The second-order valence-electron chi connectivity index (χ2n) is 11.9. The number of carbonyl (C=O) groups excluding carboxylic acids is 1. The fraction of sp³-hybridized carbons (Fsp3) is 0.294. The van der Waals surface area contributed by atoms with Gasteiger partial charge in [-0.3, -0.25) is 19.9 Å². The monoisotopic (exact) mass is 619 g/mol.